The van der Waals surface area contributed by atoms with E-state index >= 15 is 0 Å². The van der Waals surface area contributed by atoms with Crippen LogP contribution in [-0.4, -0.2) is 64.1 Å². The lowest BCUT2D eigenvalue weighted by atomic mass is 9.70. The maximum Gasteiger partial charge on any atom is 0.407 e. The van der Waals surface area contributed by atoms with Crippen LogP contribution in [0.4, 0.5) is 4.79 Å². The van der Waals surface area contributed by atoms with Gasteiger partial charge < -0.3 is 34.8 Å². The molecular formula is C24H33NO8. The van der Waals surface area contributed by atoms with Crippen LogP contribution in [0.1, 0.15) is 45.6 Å². The molecule has 4 N–H and O–H groups in total. The van der Waals surface area contributed by atoms with Crippen molar-refractivity contribution in [2.45, 2.75) is 83.4 Å². The molecule has 0 aromatic heterocycles. The lowest BCUT2D eigenvalue weighted by Crippen LogP contribution is -2.66. The van der Waals surface area contributed by atoms with E-state index in [1.807, 2.05) is 18.2 Å². The topological polar surface area (TPSA) is 135 Å². The van der Waals surface area contributed by atoms with Crippen molar-refractivity contribution in [1.82, 2.24) is 5.32 Å². The van der Waals surface area contributed by atoms with E-state index in [0.29, 0.717) is 5.92 Å². The molecule has 3 aliphatic rings. The largest absolute Gasteiger partial charge is 0.479 e. The van der Waals surface area contributed by atoms with Crippen molar-refractivity contribution >= 4 is 12.1 Å². The van der Waals surface area contributed by atoms with Gasteiger partial charge in [-0.05, 0) is 41.6 Å². The van der Waals surface area contributed by atoms with Gasteiger partial charge >= 0.3 is 12.1 Å². The average molecular weight is 464 g/mol. The van der Waals surface area contributed by atoms with Crippen molar-refractivity contribution in [1.29, 1.82) is 0 Å². The summed E-state index contributed by atoms with van der Waals surface area (Å²) in [6.07, 6.45) is -4.36. The zero-order valence-corrected chi connectivity index (χ0v) is 19.1. The highest BCUT2D eigenvalue weighted by Crippen LogP contribution is 2.63. The number of amides is 1. The number of benzene rings is 1. The first-order chi connectivity index (χ1) is 15.5. The number of ether oxygens (including phenoxy) is 3. The second-order valence-electron chi connectivity index (χ2n) is 10.4. The van der Waals surface area contributed by atoms with Gasteiger partial charge in [-0.1, -0.05) is 51.1 Å². The zero-order valence-electron chi connectivity index (χ0n) is 19.1. The first-order valence-electron chi connectivity index (χ1n) is 11.4. The SMILES string of the molecule is CC12CCC(C1)C(C)(C)C2O[C@@H]1O[C@H](C(=O)O)[C@@H](O)[C@H](O)[C@H]1NC(=O)OCc1ccccc1. The van der Waals surface area contributed by atoms with E-state index in [1.54, 1.807) is 12.1 Å². The fourth-order valence-corrected chi connectivity index (χ4v) is 5.97. The van der Waals surface area contributed by atoms with Crippen LogP contribution >= 0.6 is 0 Å². The summed E-state index contributed by atoms with van der Waals surface area (Å²) < 4.78 is 17.2. The predicted molar refractivity (Wildman–Crippen MR) is 116 cm³/mol. The van der Waals surface area contributed by atoms with Crippen LogP contribution in [0.2, 0.25) is 0 Å². The van der Waals surface area contributed by atoms with Gasteiger partial charge in [0, 0.05) is 0 Å². The van der Waals surface area contributed by atoms with Gasteiger partial charge in [-0.3, -0.25) is 0 Å². The smallest absolute Gasteiger partial charge is 0.407 e. The number of carbonyl (C=O) groups excluding carboxylic acids is 1. The van der Waals surface area contributed by atoms with Crippen molar-refractivity contribution in [3.05, 3.63) is 35.9 Å². The Morgan fingerprint density at radius 2 is 1.85 bits per heavy atom. The number of hydrogen-bond donors (Lipinski definition) is 4. The standard InChI is InChI=1S/C24H33NO8/c1-23(2)14-9-10-24(3,11-14)21(23)33-20-15(16(26)17(27)18(32-20)19(28)29)25-22(30)31-12-13-7-5-4-6-8-13/h4-8,14-18,20-21,26-27H,9-12H2,1-3H3,(H,25,30)(H,28,29)/t14?,15-,16-,17+,18+,20+,21?,24?/m1/s1. The molecule has 1 amide bonds. The molecule has 182 valence electrons. The van der Waals surface area contributed by atoms with Gasteiger partial charge in [0.25, 0.3) is 0 Å². The summed E-state index contributed by atoms with van der Waals surface area (Å²) in [5.41, 5.74) is 0.480. The third kappa shape index (κ3) is 4.47. The molecule has 2 aliphatic carbocycles. The lowest BCUT2D eigenvalue weighted by Gasteiger charge is -2.47. The van der Waals surface area contributed by atoms with Crippen LogP contribution in [0, 0.1) is 16.7 Å². The van der Waals surface area contributed by atoms with Gasteiger partial charge in [0.15, 0.2) is 12.4 Å². The number of aliphatic carboxylic acids is 1. The van der Waals surface area contributed by atoms with Gasteiger partial charge in [0.05, 0.1) is 6.10 Å². The highest BCUT2D eigenvalue weighted by atomic mass is 16.7. The maximum atomic E-state index is 12.5. The van der Waals surface area contributed by atoms with Crippen molar-refractivity contribution in [3.63, 3.8) is 0 Å². The zero-order chi connectivity index (χ0) is 24.0. The Morgan fingerprint density at radius 1 is 1.15 bits per heavy atom. The van der Waals surface area contributed by atoms with Gasteiger partial charge in [-0.15, -0.1) is 0 Å². The average Bonchev–Trinajstić information content (AvgIpc) is 3.25. The number of fused-ring (bicyclic) bond motifs is 2. The van der Waals surface area contributed by atoms with Crippen molar-refractivity contribution in [2.75, 3.05) is 0 Å². The number of nitrogens with one attached hydrogen (secondary N) is 1. The first-order valence-corrected chi connectivity index (χ1v) is 11.4. The van der Waals surface area contributed by atoms with E-state index in [2.05, 4.69) is 26.1 Å². The Hall–Kier alpha value is -2.20. The van der Waals surface area contributed by atoms with Crippen molar-refractivity contribution in [2.24, 2.45) is 16.7 Å². The van der Waals surface area contributed by atoms with E-state index in [4.69, 9.17) is 14.2 Å². The normalized spacial score (nSPS) is 39.2. The number of alkyl carbamates (subject to hydrolysis) is 1. The lowest BCUT2D eigenvalue weighted by molar-refractivity contribution is -0.294. The number of aliphatic hydroxyl groups excluding tert-OH is 2. The summed E-state index contributed by atoms with van der Waals surface area (Å²) >= 11 is 0. The Morgan fingerprint density at radius 3 is 2.45 bits per heavy atom. The Bertz CT molecular complexity index is 872. The third-order valence-electron chi connectivity index (χ3n) is 7.75. The fraction of sp³-hybridized carbons (Fsp3) is 0.667. The maximum absolute atomic E-state index is 12.5. The number of hydrogen-bond acceptors (Lipinski definition) is 7. The number of rotatable bonds is 6. The molecule has 9 heteroatoms. The van der Waals surface area contributed by atoms with Crippen LogP contribution in [0.25, 0.3) is 0 Å². The van der Waals surface area contributed by atoms with Gasteiger partial charge in [-0.2, -0.15) is 0 Å². The second kappa shape index (κ2) is 8.87. The number of carboxylic acid groups (broad SMARTS) is 1. The highest BCUT2D eigenvalue weighted by Gasteiger charge is 2.62. The minimum absolute atomic E-state index is 0.0115. The predicted octanol–water partition coefficient (Wildman–Crippen LogP) is 2.04. The van der Waals surface area contributed by atoms with E-state index in [1.165, 1.54) is 0 Å². The number of carboxylic acids is 1. The summed E-state index contributed by atoms with van der Waals surface area (Å²) in [4.78, 5) is 24.1. The van der Waals surface area contributed by atoms with Crippen LogP contribution in [-0.2, 0) is 25.6 Å². The van der Waals surface area contributed by atoms with E-state index in [9.17, 15) is 24.9 Å². The molecule has 3 unspecified atom stereocenters. The Balaban J connectivity index is 1.51. The molecule has 2 bridgehead atoms. The molecule has 1 aromatic carbocycles. The number of aliphatic hydroxyl groups is 2. The van der Waals surface area contributed by atoms with Crippen LogP contribution in [0.5, 0.6) is 0 Å². The molecule has 8 atom stereocenters. The summed E-state index contributed by atoms with van der Waals surface area (Å²) in [6, 6.07) is 7.88. The Labute approximate surface area is 193 Å². The van der Waals surface area contributed by atoms with Gasteiger partial charge in [0.2, 0.25) is 0 Å². The summed E-state index contributed by atoms with van der Waals surface area (Å²) in [5, 5.41) is 33.1. The fourth-order valence-electron chi connectivity index (χ4n) is 5.97. The monoisotopic (exact) mass is 463 g/mol. The van der Waals surface area contributed by atoms with E-state index in [-0.39, 0.29) is 23.5 Å². The molecular weight excluding hydrogens is 430 g/mol. The quantitative estimate of drug-likeness (QED) is 0.504. The molecule has 1 aromatic rings. The third-order valence-corrected chi connectivity index (χ3v) is 7.75. The van der Waals surface area contributed by atoms with Crippen LogP contribution < -0.4 is 5.32 Å². The first kappa shape index (κ1) is 23.9. The Kier molecular flexibility index (Phi) is 6.43. The molecule has 4 rings (SSSR count). The van der Waals surface area contributed by atoms with Crippen LogP contribution in [0.15, 0.2) is 30.3 Å². The second-order valence-corrected chi connectivity index (χ2v) is 10.4. The molecule has 1 saturated heterocycles. The summed E-state index contributed by atoms with van der Waals surface area (Å²) in [5.74, 6) is -0.956. The molecule has 2 saturated carbocycles. The summed E-state index contributed by atoms with van der Waals surface area (Å²) in [7, 11) is 0. The van der Waals surface area contributed by atoms with Gasteiger partial charge in [0.1, 0.15) is 24.9 Å². The van der Waals surface area contributed by atoms with E-state index < -0.39 is 42.7 Å². The molecule has 1 aliphatic heterocycles. The minimum atomic E-state index is -1.75. The highest BCUT2D eigenvalue weighted by molar-refractivity contribution is 5.73. The molecule has 1 heterocycles. The number of carbonyl (C=O) groups is 2. The molecule has 9 nitrogen and oxygen atoms in total. The van der Waals surface area contributed by atoms with E-state index in [0.717, 1.165) is 24.8 Å². The minimum Gasteiger partial charge on any atom is -0.479 e. The van der Waals surface area contributed by atoms with Crippen molar-refractivity contribution < 1.29 is 39.1 Å². The molecule has 0 spiro atoms. The molecule has 0 radical (unpaired) electrons. The molecule has 3 fully saturated rings. The van der Waals surface area contributed by atoms with Crippen LogP contribution in [0.3, 0.4) is 0 Å². The molecule has 33 heavy (non-hydrogen) atoms. The van der Waals surface area contributed by atoms with Crippen molar-refractivity contribution in [3.8, 4) is 0 Å². The summed E-state index contributed by atoms with van der Waals surface area (Å²) in [6.45, 7) is 6.39. The van der Waals surface area contributed by atoms with Gasteiger partial charge in [-0.25, -0.2) is 9.59 Å².